The molecule has 0 aromatic carbocycles. The molecule has 1 saturated heterocycles. The van der Waals surface area contributed by atoms with E-state index < -0.39 is 12.1 Å². The largest absolute Gasteiger partial charge is 0.495 e. The maximum absolute atomic E-state index is 10.6. The van der Waals surface area contributed by atoms with Crippen molar-refractivity contribution in [2.45, 2.75) is 6.18 Å². The molecule has 1 fully saturated rings. The summed E-state index contributed by atoms with van der Waals surface area (Å²) in [4.78, 5) is 15.4. The number of ether oxygens (including phenoxy) is 1. The van der Waals surface area contributed by atoms with Crippen LogP contribution in [0.15, 0.2) is 18.5 Å². The van der Waals surface area contributed by atoms with Gasteiger partial charge in [-0.2, -0.15) is 13.2 Å². The second-order valence-corrected chi connectivity index (χ2v) is 4.12. The van der Waals surface area contributed by atoms with E-state index in [0.717, 1.165) is 37.6 Å². The summed E-state index contributed by atoms with van der Waals surface area (Å²) in [6.07, 6.45) is -1.47. The van der Waals surface area contributed by atoms with Crippen LogP contribution in [0.2, 0.25) is 0 Å². The third kappa shape index (κ3) is 5.86. The van der Waals surface area contributed by atoms with Crippen LogP contribution in [-0.4, -0.2) is 55.5 Å². The highest BCUT2D eigenvalue weighted by atomic mass is 19.4. The molecule has 0 radical (unpaired) electrons. The molecular weight excluding hydrogens is 291 g/mol. The molecule has 1 aromatic heterocycles. The first-order valence-electron chi connectivity index (χ1n) is 6.09. The van der Waals surface area contributed by atoms with Gasteiger partial charge in [-0.1, -0.05) is 0 Å². The molecule has 0 unspecified atom stereocenters. The van der Waals surface area contributed by atoms with E-state index in [1.165, 1.54) is 0 Å². The zero-order valence-electron chi connectivity index (χ0n) is 11.4. The number of anilines is 1. The van der Waals surface area contributed by atoms with E-state index in [4.69, 9.17) is 14.6 Å². The van der Waals surface area contributed by atoms with Gasteiger partial charge in [-0.3, -0.25) is 4.98 Å². The zero-order valence-corrected chi connectivity index (χ0v) is 11.4. The highest BCUT2D eigenvalue weighted by molar-refractivity contribution is 5.73. The highest BCUT2D eigenvalue weighted by Gasteiger charge is 2.38. The molecule has 21 heavy (non-hydrogen) atoms. The molecule has 1 aliphatic heterocycles. The molecule has 0 bridgehead atoms. The first-order valence-corrected chi connectivity index (χ1v) is 6.09. The number of hydrogen-bond donors (Lipinski definition) is 2. The summed E-state index contributed by atoms with van der Waals surface area (Å²) < 4.78 is 36.9. The summed E-state index contributed by atoms with van der Waals surface area (Å²) >= 11 is 0. The lowest BCUT2D eigenvalue weighted by atomic mass is 10.3. The first-order chi connectivity index (χ1) is 9.84. The SMILES string of the molecule is COc1cncc(N2CCNCC2)c1.O=C(O)C(F)(F)F. The van der Waals surface area contributed by atoms with Gasteiger partial charge in [-0.15, -0.1) is 0 Å². The monoisotopic (exact) mass is 307 g/mol. The molecule has 0 amide bonds. The van der Waals surface area contributed by atoms with Crippen LogP contribution < -0.4 is 15.0 Å². The zero-order chi connectivity index (χ0) is 15.9. The molecule has 0 atom stereocenters. The number of carboxylic acids is 1. The van der Waals surface area contributed by atoms with Gasteiger partial charge in [-0.25, -0.2) is 4.79 Å². The molecule has 2 rings (SSSR count). The van der Waals surface area contributed by atoms with E-state index in [1.54, 1.807) is 13.3 Å². The van der Waals surface area contributed by atoms with Gasteiger partial charge >= 0.3 is 12.1 Å². The minimum Gasteiger partial charge on any atom is -0.495 e. The maximum Gasteiger partial charge on any atom is 0.490 e. The molecule has 1 aromatic rings. The number of aliphatic carboxylic acids is 1. The summed E-state index contributed by atoms with van der Waals surface area (Å²) in [5.74, 6) is -1.94. The number of rotatable bonds is 2. The third-order valence-corrected chi connectivity index (χ3v) is 2.66. The van der Waals surface area contributed by atoms with Crippen molar-refractivity contribution in [1.82, 2.24) is 10.3 Å². The summed E-state index contributed by atoms with van der Waals surface area (Å²) in [6, 6.07) is 2.03. The van der Waals surface area contributed by atoms with Crippen molar-refractivity contribution < 1.29 is 27.8 Å². The Hall–Kier alpha value is -2.03. The van der Waals surface area contributed by atoms with Gasteiger partial charge in [-0.05, 0) is 0 Å². The van der Waals surface area contributed by atoms with Crippen LogP contribution in [0.5, 0.6) is 5.75 Å². The summed E-state index contributed by atoms with van der Waals surface area (Å²) in [5.41, 5.74) is 1.14. The number of alkyl halides is 3. The van der Waals surface area contributed by atoms with Crippen molar-refractivity contribution in [3.63, 3.8) is 0 Å². The summed E-state index contributed by atoms with van der Waals surface area (Å²) in [7, 11) is 1.67. The number of hydrogen-bond acceptors (Lipinski definition) is 5. The number of nitrogens with zero attached hydrogens (tertiary/aromatic N) is 2. The highest BCUT2D eigenvalue weighted by Crippen LogP contribution is 2.19. The summed E-state index contributed by atoms with van der Waals surface area (Å²) in [6.45, 7) is 4.15. The van der Waals surface area contributed by atoms with Crippen molar-refractivity contribution in [3.8, 4) is 5.75 Å². The van der Waals surface area contributed by atoms with Crippen LogP contribution in [0.3, 0.4) is 0 Å². The predicted molar refractivity (Wildman–Crippen MR) is 69.6 cm³/mol. The standard InChI is InChI=1S/C10H15N3O.C2HF3O2/c1-14-10-6-9(7-12-8-10)13-4-2-11-3-5-13;3-2(4,5)1(6)7/h6-8,11H,2-5H2,1H3;(H,6,7). The Bertz CT molecular complexity index is 463. The molecule has 0 saturated carbocycles. The van der Waals surface area contributed by atoms with Gasteiger partial charge in [0.2, 0.25) is 0 Å². The fraction of sp³-hybridized carbons (Fsp3) is 0.500. The molecule has 1 aliphatic rings. The van der Waals surface area contributed by atoms with Crippen LogP contribution in [0.4, 0.5) is 18.9 Å². The molecular formula is C12H16F3N3O3. The number of pyridine rings is 1. The molecule has 118 valence electrons. The lowest BCUT2D eigenvalue weighted by Gasteiger charge is -2.29. The van der Waals surface area contributed by atoms with E-state index in [1.807, 2.05) is 12.3 Å². The number of carbonyl (C=O) groups is 1. The Morgan fingerprint density at radius 1 is 1.38 bits per heavy atom. The lowest BCUT2D eigenvalue weighted by Crippen LogP contribution is -2.43. The topological polar surface area (TPSA) is 74.7 Å². The first kappa shape index (κ1) is 17.0. The second-order valence-electron chi connectivity index (χ2n) is 4.12. The van der Waals surface area contributed by atoms with E-state index in [2.05, 4.69) is 15.2 Å². The molecule has 2 heterocycles. The third-order valence-electron chi connectivity index (χ3n) is 2.66. The second kappa shape index (κ2) is 7.67. The number of halogens is 3. The van der Waals surface area contributed by atoms with Crippen molar-refractivity contribution in [1.29, 1.82) is 0 Å². The normalized spacial score (nSPS) is 15.0. The van der Waals surface area contributed by atoms with Crippen LogP contribution in [-0.2, 0) is 4.79 Å². The van der Waals surface area contributed by atoms with Crippen LogP contribution >= 0.6 is 0 Å². The average Bonchev–Trinajstić information content (AvgIpc) is 2.48. The molecule has 0 aliphatic carbocycles. The Morgan fingerprint density at radius 2 is 1.95 bits per heavy atom. The predicted octanol–water partition coefficient (Wildman–Crippen LogP) is 1.13. The number of aromatic nitrogens is 1. The smallest absolute Gasteiger partial charge is 0.490 e. The van der Waals surface area contributed by atoms with Gasteiger partial charge in [0, 0.05) is 32.2 Å². The molecule has 6 nitrogen and oxygen atoms in total. The van der Waals surface area contributed by atoms with Crippen LogP contribution in [0.1, 0.15) is 0 Å². The van der Waals surface area contributed by atoms with Gasteiger partial charge in [0.25, 0.3) is 0 Å². The maximum atomic E-state index is 10.6. The molecule has 9 heteroatoms. The Balaban J connectivity index is 0.000000270. The quantitative estimate of drug-likeness (QED) is 0.853. The number of methoxy groups -OCH3 is 1. The molecule has 0 spiro atoms. The fourth-order valence-corrected chi connectivity index (χ4v) is 1.61. The Labute approximate surface area is 119 Å². The number of piperazine rings is 1. The average molecular weight is 307 g/mol. The minimum atomic E-state index is -5.08. The van der Waals surface area contributed by atoms with E-state index in [-0.39, 0.29) is 0 Å². The van der Waals surface area contributed by atoms with E-state index in [0.29, 0.717) is 0 Å². The minimum absolute atomic E-state index is 0.820. The van der Waals surface area contributed by atoms with Gasteiger partial charge in [0.15, 0.2) is 0 Å². The van der Waals surface area contributed by atoms with E-state index >= 15 is 0 Å². The summed E-state index contributed by atoms with van der Waals surface area (Å²) in [5, 5.41) is 10.4. The van der Waals surface area contributed by atoms with Crippen molar-refractivity contribution in [2.24, 2.45) is 0 Å². The van der Waals surface area contributed by atoms with E-state index in [9.17, 15) is 13.2 Å². The van der Waals surface area contributed by atoms with Crippen molar-refractivity contribution in [3.05, 3.63) is 18.5 Å². The van der Waals surface area contributed by atoms with Gasteiger partial charge in [0.1, 0.15) is 5.75 Å². The van der Waals surface area contributed by atoms with Crippen molar-refractivity contribution in [2.75, 3.05) is 38.2 Å². The van der Waals surface area contributed by atoms with Gasteiger partial charge < -0.3 is 20.1 Å². The van der Waals surface area contributed by atoms with Crippen molar-refractivity contribution >= 4 is 11.7 Å². The van der Waals surface area contributed by atoms with Crippen LogP contribution in [0.25, 0.3) is 0 Å². The lowest BCUT2D eigenvalue weighted by molar-refractivity contribution is -0.192. The Morgan fingerprint density at radius 3 is 2.43 bits per heavy atom. The van der Waals surface area contributed by atoms with Crippen LogP contribution in [0, 0.1) is 0 Å². The number of carboxylic acid groups (broad SMARTS) is 1. The Kier molecular flexibility index (Phi) is 6.22. The van der Waals surface area contributed by atoms with Gasteiger partial charge in [0.05, 0.1) is 25.2 Å². The number of nitrogens with one attached hydrogen (secondary N) is 1. The fourth-order valence-electron chi connectivity index (χ4n) is 1.61. The molecule has 2 N–H and O–H groups in total.